The van der Waals surface area contributed by atoms with Gasteiger partial charge in [0.2, 0.25) is 0 Å². The molecule has 0 radical (unpaired) electrons. The maximum absolute atomic E-state index is 9.50. The van der Waals surface area contributed by atoms with Crippen molar-refractivity contribution in [2.75, 3.05) is 5.73 Å². The van der Waals surface area contributed by atoms with Crippen molar-refractivity contribution in [2.45, 2.75) is 39.8 Å². The number of rotatable bonds is 4. The molecule has 0 bridgehead atoms. The summed E-state index contributed by atoms with van der Waals surface area (Å²) in [6.07, 6.45) is 1.01. The largest absolute Gasteiger partial charge is 0.399 e. The predicted molar refractivity (Wildman–Crippen MR) is 74.2 cm³/mol. The van der Waals surface area contributed by atoms with Crippen LogP contribution in [0, 0.1) is 5.92 Å². The fourth-order valence-corrected chi connectivity index (χ4v) is 2.60. The molecule has 1 unspecified atom stereocenters. The van der Waals surface area contributed by atoms with Crippen LogP contribution in [0.3, 0.4) is 0 Å². The van der Waals surface area contributed by atoms with Crippen LogP contribution >= 0.6 is 0 Å². The summed E-state index contributed by atoms with van der Waals surface area (Å²) in [4.78, 5) is 4.48. The van der Waals surface area contributed by atoms with E-state index in [0.717, 1.165) is 23.3 Å². The molecule has 0 aliphatic rings. The molecule has 4 heteroatoms. The Morgan fingerprint density at radius 1 is 1.39 bits per heavy atom. The zero-order valence-corrected chi connectivity index (χ0v) is 11.2. The fourth-order valence-electron chi connectivity index (χ4n) is 2.60. The molecular formula is C14H21N3O. The Bertz CT molecular complexity index is 545. The first-order valence-electron chi connectivity index (χ1n) is 6.45. The lowest BCUT2D eigenvalue weighted by Crippen LogP contribution is -2.17. The number of hydrogen-bond donors (Lipinski definition) is 2. The summed E-state index contributed by atoms with van der Waals surface area (Å²) < 4.78 is 2.15. The van der Waals surface area contributed by atoms with Crippen molar-refractivity contribution in [3.05, 3.63) is 24.0 Å². The van der Waals surface area contributed by atoms with Crippen molar-refractivity contribution in [3.8, 4) is 0 Å². The fraction of sp³-hybridized carbons (Fsp3) is 0.500. The summed E-state index contributed by atoms with van der Waals surface area (Å²) in [7, 11) is 0. The van der Waals surface area contributed by atoms with Crippen molar-refractivity contribution in [1.29, 1.82) is 0 Å². The number of aliphatic hydroxyl groups excluding tert-OH is 1. The molecule has 2 aromatic rings. The van der Waals surface area contributed by atoms with Gasteiger partial charge in [0, 0.05) is 11.7 Å². The van der Waals surface area contributed by atoms with E-state index in [9.17, 15) is 5.11 Å². The van der Waals surface area contributed by atoms with Crippen molar-refractivity contribution < 1.29 is 5.11 Å². The number of aromatic nitrogens is 2. The Morgan fingerprint density at radius 2 is 2.11 bits per heavy atom. The van der Waals surface area contributed by atoms with Gasteiger partial charge in [0.05, 0.1) is 11.0 Å². The van der Waals surface area contributed by atoms with Crippen LogP contribution in [-0.2, 0) is 6.61 Å². The lowest BCUT2D eigenvalue weighted by atomic mass is 10.0. The average molecular weight is 247 g/mol. The number of hydrogen-bond acceptors (Lipinski definition) is 3. The maximum Gasteiger partial charge on any atom is 0.135 e. The number of nitrogen functional groups attached to an aromatic ring is 1. The van der Waals surface area contributed by atoms with Gasteiger partial charge in [-0.05, 0) is 30.5 Å². The van der Waals surface area contributed by atoms with E-state index in [2.05, 4.69) is 30.3 Å². The van der Waals surface area contributed by atoms with Crippen LogP contribution in [0.25, 0.3) is 11.0 Å². The Morgan fingerprint density at radius 3 is 2.67 bits per heavy atom. The molecule has 1 aromatic heterocycles. The topological polar surface area (TPSA) is 64.1 Å². The highest BCUT2D eigenvalue weighted by atomic mass is 16.3. The van der Waals surface area contributed by atoms with Crippen molar-refractivity contribution in [2.24, 2.45) is 5.92 Å². The summed E-state index contributed by atoms with van der Waals surface area (Å²) in [6.45, 7) is 6.50. The van der Waals surface area contributed by atoms with E-state index in [4.69, 9.17) is 5.73 Å². The van der Waals surface area contributed by atoms with Gasteiger partial charge in [-0.1, -0.05) is 20.8 Å². The van der Waals surface area contributed by atoms with E-state index in [0.29, 0.717) is 17.6 Å². The van der Waals surface area contributed by atoms with Crippen LogP contribution in [0.1, 0.15) is 39.1 Å². The molecule has 1 atom stereocenters. The normalized spacial score (nSPS) is 13.4. The van der Waals surface area contributed by atoms with Crippen LogP contribution in [-0.4, -0.2) is 14.7 Å². The minimum absolute atomic E-state index is 0.0438. The summed E-state index contributed by atoms with van der Waals surface area (Å²) in [5.41, 5.74) is 8.39. The predicted octanol–water partition coefficient (Wildman–Crippen LogP) is 2.72. The van der Waals surface area contributed by atoms with E-state index in [1.165, 1.54) is 0 Å². The minimum atomic E-state index is -0.0438. The number of nitrogens with zero attached hydrogens (tertiary/aromatic N) is 2. The first kappa shape index (κ1) is 12.9. The number of imidazole rings is 1. The third kappa shape index (κ3) is 2.08. The first-order chi connectivity index (χ1) is 8.58. The molecule has 98 valence electrons. The Labute approximate surface area is 107 Å². The van der Waals surface area contributed by atoms with Crippen molar-refractivity contribution >= 4 is 16.7 Å². The molecular weight excluding hydrogens is 226 g/mol. The molecule has 2 rings (SSSR count). The summed E-state index contributed by atoms with van der Waals surface area (Å²) in [6, 6.07) is 6.08. The first-order valence-corrected chi connectivity index (χ1v) is 6.45. The highest BCUT2D eigenvalue weighted by molar-refractivity contribution is 5.79. The lowest BCUT2D eigenvalue weighted by molar-refractivity contribution is 0.252. The van der Waals surface area contributed by atoms with Crippen LogP contribution < -0.4 is 5.73 Å². The molecule has 1 heterocycles. The second-order valence-electron chi connectivity index (χ2n) is 5.02. The van der Waals surface area contributed by atoms with Gasteiger partial charge < -0.3 is 15.4 Å². The van der Waals surface area contributed by atoms with Gasteiger partial charge in [-0.15, -0.1) is 0 Å². The third-order valence-electron chi connectivity index (χ3n) is 3.45. The van der Waals surface area contributed by atoms with Gasteiger partial charge in [-0.25, -0.2) is 4.98 Å². The monoisotopic (exact) mass is 247 g/mol. The molecule has 0 saturated heterocycles. The highest BCUT2D eigenvalue weighted by Crippen LogP contribution is 2.29. The molecule has 0 saturated carbocycles. The number of nitrogens with two attached hydrogens (primary N) is 1. The van der Waals surface area contributed by atoms with Crippen LogP contribution in [0.2, 0.25) is 0 Å². The van der Waals surface area contributed by atoms with Gasteiger partial charge in [0.1, 0.15) is 12.4 Å². The number of aliphatic hydroxyl groups is 1. The molecule has 18 heavy (non-hydrogen) atoms. The van der Waals surface area contributed by atoms with Gasteiger partial charge in [-0.2, -0.15) is 0 Å². The second-order valence-corrected chi connectivity index (χ2v) is 5.02. The molecule has 0 amide bonds. The maximum atomic E-state index is 9.50. The average Bonchev–Trinajstić information content (AvgIpc) is 2.67. The Kier molecular flexibility index (Phi) is 3.57. The Balaban J connectivity index is 2.66. The molecule has 0 aliphatic carbocycles. The number of fused-ring (bicyclic) bond motifs is 1. The molecule has 0 aliphatic heterocycles. The van der Waals surface area contributed by atoms with Crippen molar-refractivity contribution in [3.63, 3.8) is 0 Å². The summed E-state index contributed by atoms with van der Waals surface area (Å²) in [5, 5.41) is 9.50. The number of benzene rings is 1. The molecule has 4 nitrogen and oxygen atoms in total. The van der Waals surface area contributed by atoms with E-state index >= 15 is 0 Å². The van der Waals surface area contributed by atoms with Gasteiger partial charge >= 0.3 is 0 Å². The van der Waals surface area contributed by atoms with E-state index < -0.39 is 0 Å². The molecule has 3 N–H and O–H groups in total. The molecule has 0 fully saturated rings. The van der Waals surface area contributed by atoms with Gasteiger partial charge in [0.25, 0.3) is 0 Å². The summed E-state index contributed by atoms with van der Waals surface area (Å²) in [5.74, 6) is 1.21. The van der Waals surface area contributed by atoms with Crippen LogP contribution in [0.4, 0.5) is 5.69 Å². The van der Waals surface area contributed by atoms with Crippen LogP contribution in [0.5, 0.6) is 0 Å². The summed E-state index contributed by atoms with van der Waals surface area (Å²) >= 11 is 0. The Hall–Kier alpha value is -1.55. The van der Waals surface area contributed by atoms with Gasteiger partial charge in [0.15, 0.2) is 0 Å². The molecule has 1 aromatic carbocycles. The van der Waals surface area contributed by atoms with Crippen LogP contribution in [0.15, 0.2) is 18.2 Å². The standard InChI is InChI=1S/C14H21N3O/c1-4-12(9(2)3)17-13-6-5-10(15)7-11(13)16-14(17)8-18/h5-7,9,12,18H,4,8,15H2,1-3H3. The highest BCUT2D eigenvalue weighted by Gasteiger charge is 2.20. The quantitative estimate of drug-likeness (QED) is 0.816. The SMILES string of the molecule is CCC(C(C)C)n1c(CO)nc2cc(N)ccc21. The third-order valence-corrected chi connectivity index (χ3v) is 3.45. The second kappa shape index (κ2) is 4.98. The smallest absolute Gasteiger partial charge is 0.135 e. The van der Waals surface area contributed by atoms with E-state index in [1.807, 2.05) is 18.2 Å². The number of anilines is 1. The van der Waals surface area contributed by atoms with E-state index in [1.54, 1.807) is 0 Å². The molecule has 0 spiro atoms. The zero-order chi connectivity index (χ0) is 13.3. The minimum Gasteiger partial charge on any atom is -0.399 e. The zero-order valence-electron chi connectivity index (χ0n) is 11.2. The lowest BCUT2D eigenvalue weighted by Gasteiger charge is -2.23. The van der Waals surface area contributed by atoms with E-state index in [-0.39, 0.29) is 6.61 Å². The van der Waals surface area contributed by atoms with Gasteiger partial charge in [-0.3, -0.25) is 0 Å². The van der Waals surface area contributed by atoms with Crippen molar-refractivity contribution in [1.82, 2.24) is 9.55 Å².